The van der Waals surface area contributed by atoms with Gasteiger partial charge in [-0.3, -0.25) is 0 Å². The van der Waals surface area contributed by atoms with Gasteiger partial charge in [0.05, 0.1) is 13.1 Å². The molecule has 2 atom stereocenters. The SMILES string of the molecule is C1CCC2C[NH2+]CCC2C1. The summed E-state index contributed by atoms with van der Waals surface area (Å²) < 4.78 is 0. The van der Waals surface area contributed by atoms with Crippen LogP contribution in [0.2, 0.25) is 0 Å². The van der Waals surface area contributed by atoms with E-state index in [-0.39, 0.29) is 0 Å². The van der Waals surface area contributed by atoms with Crippen LogP contribution in [0, 0.1) is 11.8 Å². The van der Waals surface area contributed by atoms with Crippen LogP contribution in [-0.2, 0) is 0 Å². The lowest BCUT2D eigenvalue weighted by Crippen LogP contribution is -2.88. The van der Waals surface area contributed by atoms with Gasteiger partial charge in [0.2, 0.25) is 0 Å². The van der Waals surface area contributed by atoms with Crippen LogP contribution in [-0.4, -0.2) is 13.1 Å². The molecule has 0 spiro atoms. The molecule has 0 amide bonds. The van der Waals surface area contributed by atoms with Crippen LogP contribution in [0.5, 0.6) is 0 Å². The summed E-state index contributed by atoms with van der Waals surface area (Å²) in [6.45, 7) is 2.84. The molecule has 1 heteroatoms. The molecule has 0 aromatic carbocycles. The Kier molecular flexibility index (Phi) is 1.94. The Hall–Kier alpha value is -0.0400. The van der Waals surface area contributed by atoms with E-state index in [0.29, 0.717) is 0 Å². The Morgan fingerprint density at radius 2 is 1.70 bits per heavy atom. The van der Waals surface area contributed by atoms with Crippen molar-refractivity contribution in [3.63, 3.8) is 0 Å². The number of fused-ring (bicyclic) bond motifs is 1. The van der Waals surface area contributed by atoms with Crippen molar-refractivity contribution in [2.45, 2.75) is 32.1 Å². The van der Waals surface area contributed by atoms with Gasteiger partial charge in [0.1, 0.15) is 0 Å². The zero-order chi connectivity index (χ0) is 6.81. The number of piperidine rings is 1. The number of rotatable bonds is 0. The fourth-order valence-corrected chi connectivity index (χ4v) is 2.64. The van der Waals surface area contributed by atoms with Gasteiger partial charge in [-0.15, -0.1) is 0 Å². The van der Waals surface area contributed by atoms with Crippen molar-refractivity contribution in [2.24, 2.45) is 11.8 Å². The number of hydrogen-bond donors (Lipinski definition) is 1. The van der Waals surface area contributed by atoms with Crippen molar-refractivity contribution in [3.8, 4) is 0 Å². The molecule has 2 aliphatic rings. The molecule has 1 nitrogen and oxygen atoms in total. The summed E-state index contributed by atoms with van der Waals surface area (Å²) in [5, 5.41) is 2.51. The van der Waals surface area contributed by atoms with Gasteiger partial charge in [-0.2, -0.15) is 0 Å². The Bertz CT molecular complexity index is 85.3. The lowest BCUT2D eigenvalue weighted by molar-refractivity contribution is -0.672. The van der Waals surface area contributed by atoms with Crippen LogP contribution in [0.25, 0.3) is 0 Å². The Morgan fingerprint density at radius 1 is 0.900 bits per heavy atom. The van der Waals surface area contributed by atoms with Gasteiger partial charge in [-0.1, -0.05) is 12.8 Å². The molecule has 2 unspecified atom stereocenters. The van der Waals surface area contributed by atoms with Gasteiger partial charge < -0.3 is 5.32 Å². The van der Waals surface area contributed by atoms with Crippen LogP contribution in [0.1, 0.15) is 32.1 Å². The minimum Gasteiger partial charge on any atom is -0.346 e. The quantitative estimate of drug-likeness (QED) is 0.511. The maximum Gasteiger partial charge on any atom is 0.0786 e. The summed E-state index contributed by atoms with van der Waals surface area (Å²) in [6.07, 6.45) is 7.60. The third-order valence-electron chi connectivity index (χ3n) is 3.28. The number of hydrogen-bond acceptors (Lipinski definition) is 0. The molecule has 1 saturated carbocycles. The van der Waals surface area contributed by atoms with Crippen LogP contribution < -0.4 is 5.32 Å². The molecule has 2 rings (SSSR count). The maximum absolute atomic E-state index is 2.51. The number of nitrogens with two attached hydrogens (primary N) is 1. The number of quaternary nitrogens is 1. The zero-order valence-corrected chi connectivity index (χ0v) is 6.68. The minimum atomic E-state index is 1.10. The highest BCUT2D eigenvalue weighted by atomic mass is 14.9. The first-order valence-electron chi connectivity index (χ1n) is 4.78. The third kappa shape index (κ3) is 1.20. The zero-order valence-electron chi connectivity index (χ0n) is 6.68. The summed E-state index contributed by atoms with van der Waals surface area (Å²) in [4.78, 5) is 0. The van der Waals surface area contributed by atoms with Gasteiger partial charge in [0.25, 0.3) is 0 Å². The molecule has 0 aromatic heterocycles. The fourth-order valence-electron chi connectivity index (χ4n) is 2.64. The van der Waals surface area contributed by atoms with E-state index in [1.807, 2.05) is 0 Å². The topological polar surface area (TPSA) is 16.6 Å². The summed E-state index contributed by atoms with van der Waals surface area (Å²) in [6, 6.07) is 0. The summed E-state index contributed by atoms with van der Waals surface area (Å²) >= 11 is 0. The van der Waals surface area contributed by atoms with Crippen molar-refractivity contribution in [1.82, 2.24) is 0 Å². The van der Waals surface area contributed by atoms with Crippen LogP contribution in [0.3, 0.4) is 0 Å². The first-order valence-corrected chi connectivity index (χ1v) is 4.78. The first-order chi connectivity index (χ1) is 4.97. The van der Waals surface area contributed by atoms with Crippen LogP contribution in [0.4, 0.5) is 0 Å². The molecule has 58 valence electrons. The van der Waals surface area contributed by atoms with Crippen molar-refractivity contribution >= 4 is 0 Å². The molecule has 2 fully saturated rings. The predicted octanol–water partition coefficient (Wildman–Crippen LogP) is 0.760. The second-order valence-corrected chi connectivity index (χ2v) is 3.91. The molecular formula is C9H18N+. The summed E-state index contributed by atoms with van der Waals surface area (Å²) in [5.74, 6) is 2.22. The first kappa shape index (κ1) is 6.66. The van der Waals surface area contributed by atoms with Crippen LogP contribution >= 0.6 is 0 Å². The van der Waals surface area contributed by atoms with E-state index >= 15 is 0 Å². The van der Waals surface area contributed by atoms with E-state index in [1.54, 1.807) is 6.42 Å². The summed E-state index contributed by atoms with van der Waals surface area (Å²) in [7, 11) is 0. The Labute approximate surface area is 63.2 Å². The molecule has 0 radical (unpaired) electrons. The Balaban J connectivity index is 1.93. The lowest BCUT2D eigenvalue weighted by atomic mass is 9.76. The second kappa shape index (κ2) is 2.91. The van der Waals surface area contributed by atoms with E-state index in [4.69, 9.17) is 0 Å². The average molecular weight is 140 g/mol. The lowest BCUT2D eigenvalue weighted by Gasteiger charge is -2.33. The van der Waals surface area contributed by atoms with E-state index in [0.717, 1.165) is 11.8 Å². The monoisotopic (exact) mass is 140 g/mol. The van der Waals surface area contributed by atoms with Gasteiger partial charge in [0.15, 0.2) is 0 Å². The molecule has 1 aliphatic carbocycles. The third-order valence-corrected chi connectivity index (χ3v) is 3.28. The van der Waals surface area contributed by atoms with Crippen LogP contribution in [0.15, 0.2) is 0 Å². The van der Waals surface area contributed by atoms with E-state index in [9.17, 15) is 0 Å². The molecule has 0 bridgehead atoms. The second-order valence-electron chi connectivity index (χ2n) is 3.91. The van der Waals surface area contributed by atoms with Gasteiger partial charge in [-0.05, 0) is 25.2 Å². The van der Waals surface area contributed by atoms with Gasteiger partial charge in [-0.25, -0.2) is 0 Å². The molecular weight excluding hydrogens is 122 g/mol. The van der Waals surface area contributed by atoms with Crippen molar-refractivity contribution in [3.05, 3.63) is 0 Å². The van der Waals surface area contributed by atoms with Crippen molar-refractivity contribution in [1.29, 1.82) is 0 Å². The molecule has 10 heavy (non-hydrogen) atoms. The molecule has 1 saturated heterocycles. The average Bonchev–Trinajstić information content (AvgIpc) is 2.05. The van der Waals surface area contributed by atoms with Gasteiger partial charge >= 0.3 is 0 Å². The standard InChI is InChI=1S/C9H17N/c1-2-4-9-7-10-6-5-8(9)3-1/h8-10H,1-7H2/p+1. The molecule has 1 heterocycles. The predicted molar refractivity (Wildman–Crippen MR) is 41.7 cm³/mol. The smallest absolute Gasteiger partial charge is 0.0786 e. The highest BCUT2D eigenvalue weighted by molar-refractivity contribution is 4.75. The fraction of sp³-hybridized carbons (Fsp3) is 1.00. The van der Waals surface area contributed by atoms with E-state index in [1.165, 1.54) is 38.8 Å². The highest BCUT2D eigenvalue weighted by Gasteiger charge is 2.29. The molecule has 2 N–H and O–H groups in total. The highest BCUT2D eigenvalue weighted by Crippen LogP contribution is 2.31. The van der Waals surface area contributed by atoms with Gasteiger partial charge in [0, 0.05) is 5.92 Å². The van der Waals surface area contributed by atoms with Crippen molar-refractivity contribution < 1.29 is 5.32 Å². The molecule has 1 aliphatic heterocycles. The maximum atomic E-state index is 2.51. The van der Waals surface area contributed by atoms with E-state index < -0.39 is 0 Å². The molecule has 0 aromatic rings. The van der Waals surface area contributed by atoms with Crippen molar-refractivity contribution in [2.75, 3.05) is 13.1 Å². The minimum absolute atomic E-state index is 1.10. The largest absolute Gasteiger partial charge is 0.346 e. The van der Waals surface area contributed by atoms with E-state index in [2.05, 4.69) is 5.32 Å². The normalized spacial score (nSPS) is 40.8. The Morgan fingerprint density at radius 3 is 2.50 bits per heavy atom. The summed E-state index contributed by atoms with van der Waals surface area (Å²) in [5.41, 5.74) is 0.